The number of para-hydroxylation sites is 1. The molecule has 0 aliphatic carbocycles. The number of aromatic nitrogens is 1. The first-order valence-electron chi connectivity index (χ1n) is 7.42. The van der Waals surface area contributed by atoms with Crippen molar-refractivity contribution >= 4 is 28.4 Å². The Labute approximate surface area is 142 Å². The number of non-ortho nitro benzene ring substituents is 1. The van der Waals surface area contributed by atoms with Crippen molar-refractivity contribution in [2.24, 2.45) is 0 Å². The Morgan fingerprint density at radius 3 is 2.44 bits per heavy atom. The van der Waals surface area contributed by atoms with Crippen LogP contribution in [0.5, 0.6) is 0 Å². The summed E-state index contributed by atoms with van der Waals surface area (Å²) in [5.74, 6) is -0.947. The molecule has 0 aliphatic rings. The van der Waals surface area contributed by atoms with E-state index in [1.807, 2.05) is 30.3 Å². The molecule has 0 saturated heterocycles. The Morgan fingerprint density at radius 1 is 1.00 bits per heavy atom. The highest BCUT2D eigenvalue weighted by Crippen LogP contribution is 2.14. The molecule has 3 aromatic rings. The number of amides is 2. The summed E-state index contributed by atoms with van der Waals surface area (Å²) in [5, 5.41) is 11.6. The number of nitrogens with zero attached hydrogens (tertiary/aromatic N) is 2. The van der Waals surface area contributed by atoms with Gasteiger partial charge in [0.05, 0.1) is 4.92 Å². The molecule has 8 nitrogen and oxygen atoms in total. The topological polar surface area (TPSA) is 106 Å². The number of nitro benzene ring substituents is 1. The van der Waals surface area contributed by atoms with Crippen molar-refractivity contribution in [3.63, 3.8) is 0 Å². The van der Waals surface area contributed by atoms with Crippen LogP contribution < -0.4 is 10.9 Å². The van der Waals surface area contributed by atoms with E-state index in [9.17, 15) is 19.7 Å². The van der Waals surface area contributed by atoms with Crippen LogP contribution >= 0.6 is 0 Å². The standard InChI is InChI=1S/C17H14N4O4/c22-16(11-20-10-9-12-3-1-2-4-15(12)20)18-19-17(23)13-5-7-14(8-6-13)21(24)25/h1-10H,11H2,(H,18,22)(H,19,23). The first-order chi connectivity index (χ1) is 12.0. The number of rotatable bonds is 4. The smallest absolute Gasteiger partial charge is 0.269 e. The summed E-state index contributed by atoms with van der Waals surface area (Å²) in [6, 6.07) is 14.6. The fourth-order valence-electron chi connectivity index (χ4n) is 2.41. The second-order valence-corrected chi connectivity index (χ2v) is 5.31. The highest BCUT2D eigenvalue weighted by molar-refractivity contribution is 5.95. The minimum atomic E-state index is -0.555. The third-order valence-corrected chi connectivity index (χ3v) is 3.65. The van der Waals surface area contributed by atoms with Crippen molar-refractivity contribution in [3.8, 4) is 0 Å². The van der Waals surface area contributed by atoms with Crippen LogP contribution in [0.4, 0.5) is 5.69 Å². The van der Waals surface area contributed by atoms with Crippen molar-refractivity contribution in [3.05, 3.63) is 76.5 Å². The first kappa shape index (κ1) is 16.2. The molecule has 1 aromatic heterocycles. The van der Waals surface area contributed by atoms with Gasteiger partial charge in [0.25, 0.3) is 17.5 Å². The SMILES string of the molecule is O=C(Cn1ccc2ccccc21)NNC(=O)c1ccc([N+](=O)[O-])cc1. The molecule has 1 heterocycles. The molecule has 2 N–H and O–H groups in total. The zero-order valence-corrected chi connectivity index (χ0v) is 13.0. The number of hydrogen-bond donors (Lipinski definition) is 2. The highest BCUT2D eigenvalue weighted by Gasteiger charge is 2.11. The van der Waals surface area contributed by atoms with Crippen molar-refractivity contribution in [2.45, 2.75) is 6.54 Å². The van der Waals surface area contributed by atoms with E-state index in [4.69, 9.17) is 0 Å². The fourth-order valence-corrected chi connectivity index (χ4v) is 2.41. The average molecular weight is 338 g/mol. The van der Waals surface area contributed by atoms with Gasteiger partial charge in [-0.05, 0) is 29.7 Å². The van der Waals surface area contributed by atoms with Gasteiger partial charge in [-0.2, -0.15) is 0 Å². The normalized spacial score (nSPS) is 10.4. The summed E-state index contributed by atoms with van der Waals surface area (Å²) >= 11 is 0. The van der Waals surface area contributed by atoms with Crippen molar-refractivity contribution < 1.29 is 14.5 Å². The van der Waals surface area contributed by atoms with Crippen LogP contribution in [0.3, 0.4) is 0 Å². The third kappa shape index (κ3) is 3.63. The lowest BCUT2D eigenvalue weighted by molar-refractivity contribution is -0.384. The molecule has 0 saturated carbocycles. The zero-order valence-electron chi connectivity index (χ0n) is 13.0. The number of benzene rings is 2. The van der Waals surface area contributed by atoms with E-state index in [2.05, 4.69) is 10.9 Å². The van der Waals surface area contributed by atoms with Gasteiger partial charge in [-0.3, -0.25) is 30.6 Å². The van der Waals surface area contributed by atoms with Gasteiger partial charge in [0.15, 0.2) is 0 Å². The van der Waals surface area contributed by atoms with Crippen LogP contribution in [0.1, 0.15) is 10.4 Å². The number of hydrogen-bond acceptors (Lipinski definition) is 4. The van der Waals surface area contributed by atoms with Gasteiger partial charge in [0.1, 0.15) is 6.54 Å². The maximum absolute atomic E-state index is 12.0. The average Bonchev–Trinajstić information content (AvgIpc) is 3.03. The Hall–Kier alpha value is -3.68. The van der Waals surface area contributed by atoms with Crippen LogP contribution in [0.25, 0.3) is 10.9 Å². The lowest BCUT2D eigenvalue weighted by Crippen LogP contribution is -2.43. The number of carbonyl (C=O) groups is 2. The molecule has 2 aromatic carbocycles. The molecular formula is C17H14N4O4. The van der Waals surface area contributed by atoms with Crippen LogP contribution in [-0.4, -0.2) is 21.3 Å². The van der Waals surface area contributed by atoms with Crippen molar-refractivity contribution in [1.29, 1.82) is 0 Å². The predicted octanol–water partition coefficient (Wildman–Crippen LogP) is 2.01. The van der Waals surface area contributed by atoms with E-state index in [1.54, 1.807) is 10.8 Å². The quantitative estimate of drug-likeness (QED) is 0.560. The monoisotopic (exact) mass is 338 g/mol. The van der Waals surface area contributed by atoms with Crippen LogP contribution in [-0.2, 0) is 11.3 Å². The molecule has 3 rings (SSSR count). The molecule has 0 fully saturated rings. The third-order valence-electron chi connectivity index (χ3n) is 3.65. The van der Waals surface area contributed by atoms with E-state index in [-0.39, 0.29) is 17.8 Å². The molecule has 8 heteroatoms. The second-order valence-electron chi connectivity index (χ2n) is 5.31. The molecule has 0 bridgehead atoms. The summed E-state index contributed by atoms with van der Waals surface area (Å²) in [5.41, 5.74) is 5.63. The second kappa shape index (κ2) is 6.83. The van der Waals surface area contributed by atoms with E-state index in [0.29, 0.717) is 0 Å². The Morgan fingerprint density at radius 2 is 1.72 bits per heavy atom. The lowest BCUT2D eigenvalue weighted by atomic mass is 10.2. The molecule has 0 aliphatic heterocycles. The van der Waals surface area contributed by atoms with Crippen LogP contribution in [0.15, 0.2) is 60.8 Å². The Kier molecular flexibility index (Phi) is 4.42. The summed E-state index contributed by atoms with van der Waals surface area (Å²) in [6.45, 7) is 0.0497. The molecule has 0 unspecified atom stereocenters. The lowest BCUT2D eigenvalue weighted by Gasteiger charge is -2.09. The van der Waals surface area contributed by atoms with Gasteiger partial charge in [-0.25, -0.2) is 0 Å². The Balaban J connectivity index is 1.58. The molecule has 0 spiro atoms. The van der Waals surface area contributed by atoms with Gasteiger partial charge in [-0.15, -0.1) is 0 Å². The summed E-state index contributed by atoms with van der Waals surface area (Å²) in [4.78, 5) is 34.0. The number of nitrogens with one attached hydrogen (secondary N) is 2. The van der Waals surface area contributed by atoms with Crippen LogP contribution in [0.2, 0.25) is 0 Å². The maximum Gasteiger partial charge on any atom is 0.269 e. The maximum atomic E-state index is 12.0. The molecule has 0 radical (unpaired) electrons. The molecular weight excluding hydrogens is 324 g/mol. The summed E-state index contributed by atoms with van der Waals surface area (Å²) in [7, 11) is 0. The van der Waals surface area contributed by atoms with Gasteiger partial charge >= 0.3 is 0 Å². The predicted molar refractivity (Wildman–Crippen MR) is 90.6 cm³/mol. The molecule has 0 atom stereocenters. The van der Waals surface area contributed by atoms with E-state index in [0.717, 1.165) is 10.9 Å². The van der Waals surface area contributed by atoms with Crippen LogP contribution in [0, 0.1) is 10.1 Å². The zero-order chi connectivity index (χ0) is 17.8. The number of carbonyl (C=O) groups excluding carboxylic acids is 2. The van der Waals surface area contributed by atoms with Gasteiger partial charge < -0.3 is 4.57 Å². The van der Waals surface area contributed by atoms with Crippen molar-refractivity contribution in [2.75, 3.05) is 0 Å². The van der Waals surface area contributed by atoms with Gasteiger partial charge in [0.2, 0.25) is 0 Å². The fraction of sp³-hybridized carbons (Fsp3) is 0.0588. The molecule has 25 heavy (non-hydrogen) atoms. The minimum absolute atomic E-state index is 0.0497. The van der Waals surface area contributed by atoms with Gasteiger partial charge in [0, 0.05) is 29.4 Å². The number of hydrazine groups is 1. The largest absolute Gasteiger partial charge is 0.338 e. The van der Waals surface area contributed by atoms with Gasteiger partial charge in [-0.1, -0.05) is 18.2 Å². The highest BCUT2D eigenvalue weighted by atomic mass is 16.6. The molecule has 126 valence electrons. The van der Waals surface area contributed by atoms with Crippen molar-refractivity contribution in [1.82, 2.24) is 15.4 Å². The van der Waals surface area contributed by atoms with E-state index >= 15 is 0 Å². The first-order valence-corrected chi connectivity index (χ1v) is 7.42. The Bertz CT molecular complexity index is 947. The summed E-state index contributed by atoms with van der Waals surface area (Å²) in [6.07, 6.45) is 1.79. The van der Waals surface area contributed by atoms with E-state index < -0.39 is 16.7 Å². The number of nitro groups is 1. The summed E-state index contributed by atoms with van der Waals surface area (Å²) < 4.78 is 1.77. The minimum Gasteiger partial charge on any atom is -0.338 e. The molecule has 2 amide bonds. The van der Waals surface area contributed by atoms with E-state index in [1.165, 1.54) is 24.3 Å². The number of fused-ring (bicyclic) bond motifs is 1.